The number of aromatic nitrogens is 4. The van der Waals surface area contributed by atoms with Gasteiger partial charge >= 0.3 is 5.69 Å². The van der Waals surface area contributed by atoms with Gasteiger partial charge in [0, 0.05) is 37.6 Å². The zero-order chi connectivity index (χ0) is 18.4. The Balaban J connectivity index is 1.59. The molecule has 1 N–H and O–H groups in total. The lowest BCUT2D eigenvalue weighted by Gasteiger charge is -2.01. The zero-order valence-corrected chi connectivity index (χ0v) is 14.4. The van der Waals surface area contributed by atoms with Gasteiger partial charge in [0.2, 0.25) is 5.91 Å². The van der Waals surface area contributed by atoms with E-state index in [1.54, 1.807) is 31.6 Å². The second-order valence-corrected chi connectivity index (χ2v) is 5.67. The van der Waals surface area contributed by atoms with E-state index in [-0.39, 0.29) is 18.1 Å². The van der Waals surface area contributed by atoms with Crippen molar-refractivity contribution in [3.8, 4) is 11.4 Å². The van der Waals surface area contributed by atoms with Crippen LogP contribution < -0.4 is 11.0 Å². The van der Waals surface area contributed by atoms with E-state index >= 15 is 0 Å². The molecule has 0 spiro atoms. The first-order chi connectivity index (χ1) is 12.6. The van der Waals surface area contributed by atoms with E-state index in [4.69, 9.17) is 0 Å². The fourth-order valence-corrected chi connectivity index (χ4v) is 2.46. The van der Waals surface area contributed by atoms with E-state index in [2.05, 4.69) is 15.4 Å². The van der Waals surface area contributed by atoms with Gasteiger partial charge in [-0.1, -0.05) is 30.3 Å². The molecule has 2 heterocycles. The summed E-state index contributed by atoms with van der Waals surface area (Å²) in [5, 5.41) is 7.08. The molecule has 3 aromatic rings. The second-order valence-electron chi connectivity index (χ2n) is 5.67. The van der Waals surface area contributed by atoms with Crippen molar-refractivity contribution in [3.63, 3.8) is 0 Å². The maximum atomic E-state index is 12.3. The van der Waals surface area contributed by atoms with E-state index in [0.29, 0.717) is 12.4 Å². The summed E-state index contributed by atoms with van der Waals surface area (Å²) in [5.74, 6) is 0.323. The maximum absolute atomic E-state index is 12.3. The average Bonchev–Trinajstić information content (AvgIpc) is 2.96. The molecule has 0 aliphatic rings. The number of pyridine rings is 1. The summed E-state index contributed by atoms with van der Waals surface area (Å²) in [6.07, 6.45) is 6.53. The Hall–Kier alpha value is -3.48. The fourth-order valence-electron chi connectivity index (χ4n) is 2.46. The second kappa shape index (κ2) is 8.06. The minimum absolute atomic E-state index is 0.217. The van der Waals surface area contributed by atoms with Gasteiger partial charge in [-0.3, -0.25) is 14.3 Å². The summed E-state index contributed by atoms with van der Waals surface area (Å²) >= 11 is 0. The number of carbonyl (C=O) groups excluding carboxylic acids is 1. The van der Waals surface area contributed by atoms with Crippen molar-refractivity contribution in [2.45, 2.75) is 6.54 Å². The van der Waals surface area contributed by atoms with E-state index in [0.717, 1.165) is 11.1 Å². The SMILES string of the molecule is Cn1c(-c2cccnc2)nn(CCNC(=O)/C=C/c2ccccc2)c1=O. The van der Waals surface area contributed by atoms with Crippen molar-refractivity contribution in [3.05, 3.63) is 77.0 Å². The van der Waals surface area contributed by atoms with Crippen LogP contribution in [0.5, 0.6) is 0 Å². The Labute approximate surface area is 150 Å². The van der Waals surface area contributed by atoms with Gasteiger partial charge in [-0.25, -0.2) is 9.48 Å². The molecule has 0 saturated heterocycles. The first kappa shape index (κ1) is 17.3. The molecule has 7 heteroatoms. The van der Waals surface area contributed by atoms with Crippen LogP contribution in [0.2, 0.25) is 0 Å². The molecule has 132 valence electrons. The molecule has 0 fully saturated rings. The molecule has 26 heavy (non-hydrogen) atoms. The van der Waals surface area contributed by atoms with Gasteiger partial charge in [-0.05, 0) is 23.8 Å². The topological polar surface area (TPSA) is 81.8 Å². The lowest BCUT2D eigenvalue weighted by atomic mass is 10.2. The number of hydrogen-bond acceptors (Lipinski definition) is 4. The standard InChI is InChI=1S/C19H19N5O2/c1-23-18(16-8-5-11-20-14-16)22-24(19(23)26)13-12-21-17(25)10-9-15-6-3-2-4-7-15/h2-11,14H,12-13H2,1H3,(H,21,25)/b10-9+. The summed E-state index contributed by atoms with van der Waals surface area (Å²) in [5.41, 5.74) is 1.48. The van der Waals surface area contributed by atoms with Crippen LogP contribution in [0.4, 0.5) is 0 Å². The predicted molar refractivity (Wildman–Crippen MR) is 99.2 cm³/mol. The third-order valence-electron chi connectivity index (χ3n) is 3.81. The van der Waals surface area contributed by atoms with Crippen LogP contribution in [0.15, 0.2) is 65.7 Å². The summed E-state index contributed by atoms with van der Waals surface area (Å²) in [6, 6.07) is 13.2. The van der Waals surface area contributed by atoms with Gasteiger partial charge in [-0.15, -0.1) is 5.10 Å². The molecular weight excluding hydrogens is 330 g/mol. The molecule has 0 aliphatic carbocycles. The smallest absolute Gasteiger partial charge is 0.345 e. The normalized spacial score (nSPS) is 11.0. The zero-order valence-electron chi connectivity index (χ0n) is 14.4. The van der Waals surface area contributed by atoms with Crippen molar-refractivity contribution in [1.82, 2.24) is 24.6 Å². The molecule has 1 aromatic carbocycles. The Morgan fingerprint density at radius 1 is 1.19 bits per heavy atom. The fraction of sp³-hybridized carbons (Fsp3) is 0.158. The number of carbonyl (C=O) groups is 1. The van der Waals surface area contributed by atoms with Crippen molar-refractivity contribution >= 4 is 12.0 Å². The van der Waals surface area contributed by atoms with Gasteiger partial charge in [0.1, 0.15) is 0 Å². The monoisotopic (exact) mass is 349 g/mol. The molecule has 3 rings (SSSR count). The maximum Gasteiger partial charge on any atom is 0.345 e. The minimum atomic E-state index is -0.238. The van der Waals surface area contributed by atoms with Crippen LogP contribution in [0.25, 0.3) is 17.5 Å². The summed E-state index contributed by atoms with van der Waals surface area (Å²) in [7, 11) is 1.66. The number of rotatable bonds is 6. The quantitative estimate of drug-likeness (QED) is 0.683. The molecule has 0 unspecified atom stereocenters. The average molecular weight is 349 g/mol. The highest BCUT2D eigenvalue weighted by atomic mass is 16.2. The Kier molecular flexibility index (Phi) is 5.38. The molecule has 0 saturated carbocycles. The molecule has 2 aromatic heterocycles. The number of nitrogens with one attached hydrogen (secondary N) is 1. The van der Waals surface area contributed by atoms with Crippen LogP contribution >= 0.6 is 0 Å². The van der Waals surface area contributed by atoms with Gasteiger partial charge < -0.3 is 5.32 Å². The van der Waals surface area contributed by atoms with Crippen LogP contribution in [-0.2, 0) is 18.4 Å². The molecule has 1 amide bonds. The molecule has 0 aliphatic heterocycles. The van der Waals surface area contributed by atoms with Crippen molar-refractivity contribution in [2.75, 3.05) is 6.54 Å². The predicted octanol–water partition coefficient (Wildman–Crippen LogP) is 1.47. The third kappa shape index (κ3) is 4.13. The molecule has 0 bridgehead atoms. The van der Waals surface area contributed by atoms with E-state index in [1.165, 1.54) is 15.3 Å². The van der Waals surface area contributed by atoms with Crippen LogP contribution in [0, 0.1) is 0 Å². The molecule has 7 nitrogen and oxygen atoms in total. The Morgan fingerprint density at radius 2 is 2.00 bits per heavy atom. The number of amides is 1. The van der Waals surface area contributed by atoms with E-state index in [1.807, 2.05) is 36.4 Å². The van der Waals surface area contributed by atoms with Crippen molar-refractivity contribution < 1.29 is 4.79 Å². The largest absolute Gasteiger partial charge is 0.351 e. The number of nitrogens with zero attached hydrogens (tertiary/aromatic N) is 4. The summed E-state index contributed by atoms with van der Waals surface area (Å²) in [6.45, 7) is 0.596. The molecular formula is C19H19N5O2. The van der Waals surface area contributed by atoms with Crippen LogP contribution in [0.1, 0.15) is 5.56 Å². The number of hydrogen-bond donors (Lipinski definition) is 1. The third-order valence-corrected chi connectivity index (χ3v) is 3.81. The van der Waals surface area contributed by atoms with Crippen molar-refractivity contribution in [1.29, 1.82) is 0 Å². The highest BCUT2D eigenvalue weighted by Gasteiger charge is 2.11. The minimum Gasteiger partial charge on any atom is -0.351 e. The van der Waals surface area contributed by atoms with Crippen LogP contribution in [-0.4, -0.2) is 31.8 Å². The highest BCUT2D eigenvalue weighted by Crippen LogP contribution is 2.12. The molecule has 0 radical (unpaired) electrons. The highest BCUT2D eigenvalue weighted by molar-refractivity contribution is 5.91. The summed E-state index contributed by atoms with van der Waals surface area (Å²) in [4.78, 5) is 28.2. The van der Waals surface area contributed by atoms with Crippen molar-refractivity contribution in [2.24, 2.45) is 7.05 Å². The first-order valence-corrected chi connectivity index (χ1v) is 8.20. The van der Waals surface area contributed by atoms with Gasteiger partial charge in [-0.2, -0.15) is 0 Å². The van der Waals surface area contributed by atoms with Gasteiger partial charge in [0.25, 0.3) is 0 Å². The Morgan fingerprint density at radius 3 is 2.73 bits per heavy atom. The van der Waals surface area contributed by atoms with Crippen LogP contribution in [0.3, 0.4) is 0 Å². The first-order valence-electron chi connectivity index (χ1n) is 8.20. The van der Waals surface area contributed by atoms with Gasteiger partial charge in [0.05, 0.1) is 6.54 Å². The lowest BCUT2D eigenvalue weighted by molar-refractivity contribution is -0.116. The summed E-state index contributed by atoms with van der Waals surface area (Å²) < 4.78 is 2.80. The van der Waals surface area contributed by atoms with E-state index in [9.17, 15) is 9.59 Å². The Bertz CT molecular complexity index is 959. The molecule has 0 atom stereocenters. The van der Waals surface area contributed by atoms with Gasteiger partial charge in [0.15, 0.2) is 5.82 Å². The lowest BCUT2D eigenvalue weighted by Crippen LogP contribution is -2.30. The van der Waals surface area contributed by atoms with E-state index < -0.39 is 0 Å². The number of benzene rings is 1.